The van der Waals surface area contributed by atoms with Gasteiger partial charge in [-0.3, -0.25) is 9.59 Å². The van der Waals surface area contributed by atoms with E-state index in [-0.39, 0.29) is 22.9 Å². The van der Waals surface area contributed by atoms with Crippen molar-refractivity contribution >= 4 is 33.7 Å². The molecule has 108 valence electrons. The highest BCUT2D eigenvalue weighted by Gasteiger charge is 2.11. The number of carbonyl (C=O) groups is 3. The third-order valence-electron chi connectivity index (χ3n) is 2.42. The molecule has 1 aromatic carbocycles. The van der Waals surface area contributed by atoms with Gasteiger partial charge in [-0.1, -0.05) is 15.9 Å². The Morgan fingerprint density at radius 2 is 1.70 bits per heavy atom. The zero-order valence-corrected chi connectivity index (χ0v) is 12.5. The molecule has 0 atom stereocenters. The fourth-order valence-electron chi connectivity index (χ4n) is 1.50. The van der Waals surface area contributed by atoms with Crippen molar-refractivity contribution in [2.24, 2.45) is 0 Å². The molecule has 1 aromatic rings. The van der Waals surface area contributed by atoms with Crippen LogP contribution >= 0.6 is 15.9 Å². The summed E-state index contributed by atoms with van der Waals surface area (Å²) in [6, 6.07) is 4.29. The fraction of sp³-hybridized carbons (Fsp3) is 0.308. The van der Waals surface area contributed by atoms with Gasteiger partial charge in [0.15, 0.2) is 0 Å². The van der Waals surface area contributed by atoms with E-state index in [4.69, 9.17) is 5.11 Å². The number of benzene rings is 1. The summed E-state index contributed by atoms with van der Waals surface area (Å²) in [5, 5.41) is 14.2. The van der Waals surface area contributed by atoms with E-state index in [2.05, 4.69) is 26.6 Å². The molecule has 0 aliphatic carbocycles. The van der Waals surface area contributed by atoms with Crippen LogP contribution in [-0.2, 0) is 4.79 Å². The molecule has 0 saturated heterocycles. The SMILES string of the molecule is CC(=O)NCCCNC(=O)c1cc(Br)cc(C(=O)O)c1. The topological polar surface area (TPSA) is 95.5 Å². The average Bonchev–Trinajstić information content (AvgIpc) is 2.36. The first kappa shape index (κ1) is 16.2. The Morgan fingerprint density at radius 1 is 1.10 bits per heavy atom. The van der Waals surface area contributed by atoms with Crippen LogP contribution in [0.2, 0.25) is 0 Å². The van der Waals surface area contributed by atoms with E-state index in [0.717, 1.165) is 0 Å². The average molecular weight is 343 g/mol. The van der Waals surface area contributed by atoms with Crippen LogP contribution in [0.25, 0.3) is 0 Å². The molecule has 6 nitrogen and oxygen atoms in total. The van der Waals surface area contributed by atoms with Gasteiger partial charge in [0.25, 0.3) is 5.91 Å². The van der Waals surface area contributed by atoms with Crippen molar-refractivity contribution in [2.45, 2.75) is 13.3 Å². The Kier molecular flexibility index (Phi) is 6.17. The van der Waals surface area contributed by atoms with Gasteiger partial charge in [-0.05, 0) is 24.6 Å². The summed E-state index contributed by atoms with van der Waals surface area (Å²) < 4.78 is 0.529. The van der Waals surface area contributed by atoms with Gasteiger partial charge in [-0.2, -0.15) is 0 Å². The van der Waals surface area contributed by atoms with Gasteiger partial charge >= 0.3 is 5.97 Å². The molecule has 0 heterocycles. The molecular weight excluding hydrogens is 328 g/mol. The molecule has 0 aromatic heterocycles. The number of hydrogen-bond acceptors (Lipinski definition) is 3. The number of nitrogens with one attached hydrogen (secondary N) is 2. The highest BCUT2D eigenvalue weighted by molar-refractivity contribution is 9.10. The molecule has 0 spiro atoms. The Balaban J connectivity index is 2.55. The molecule has 0 radical (unpaired) electrons. The number of halogens is 1. The minimum absolute atomic E-state index is 0.0442. The van der Waals surface area contributed by atoms with E-state index in [1.54, 1.807) is 6.07 Å². The first-order valence-corrected chi connectivity index (χ1v) is 6.76. The second-order valence-corrected chi connectivity index (χ2v) is 5.04. The number of carbonyl (C=O) groups excluding carboxylic acids is 2. The number of rotatable bonds is 6. The van der Waals surface area contributed by atoms with Gasteiger partial charge in [0.05, 0.1) is 5.56 Å². The first-order chi connectivity index (χ1) is 9.40. The standard InChI is InChI=1S/C13H15BrN2O4/c1-8(17)15-3-2-4-16-12(18)9-5-10(13(19)20)7-11(14)6-9/h5-7H,2-4H2,1H3,(H,15,17)(H,16,18)(H,19,20). The lowest BCUT2D eigenvalue weighted by atomic mass is 10.1. The molecular formula is C13H15BrN2O4. The van der Waals surface area contributed by atoms with Crippen molar-refractivity contribution in [3.05, 3.63) is 33.8 Å². The highest BCUT2D eigenvalue weighted by atomic mass is 79.9. The van der Waals surface area contributed by atoms with Gasteiger partial charge < -0.3 is 15.7 Å². The van der Waals surface area contributed by atoms with E-state index in [1.165, 1.54) is 19.1 Å². The molecule has 0 unspecified atom stereocenters. The lowest BCUT2D eigenvalue weighted by Crippen LogP contribution is -2.28. The third-order valence-corrected chi connectivity index (χ3v) is 2.88. The summed E-state index contributed by atoms with van der Waals surface area (Å²) in [4.78, 5) is 33.4. The van der Waals surface area contributed by atoms with Crippen molar-refractivity contribution in [2.75, 3.05) is 13.1 Å². The van der Waals surface area contributed by atoms with Gasteiger partial charge in [0, 0.05) is 30.0 Å². The Bertz CT molecular complexity index is 531. The summed E-state index contributed by atoms with van der Waals surface area (Å²) in [5.74, 6) is -1.56. The van der Waals surface area contributed by atoms with Crippen molar-refractivity contribution in [1.82, 2.24) is 10.6 Å². The number of carboxylic acid groups (broad SMARTS) is 1. The third kappa shape index (κ3) is 5.40. The van der Waals surface area contributed by atoms with Crippen molar-refractivity contribution in [3.63, 3.8) is 0 Å². The van der Waals surface area contributed by atoms with Crippen LogP contribution in [0.5, 0.6) is 0 Å². The van der Waals surface area contributed by atoms with Crippen LogP contribution in [0.3, 0.4) is 0 Å². The molecule has 0 aliphatic heterocycles. The zero-order chi connectivity index (χ0) is 15.1. The quantitative estimate of drug-likeness (QED) is 0.681. The number of hydrogen-bond donors (Lipinski definition) is 3. The normalized spacial score (nSPS) is 9.90. The number of carboxylic acids is 1. The molecule has 1 rings (SSSR count). The van der Waals surface area contributed by atoms with Crippen molar-refractivity contribution in [1.29, 1.82) is 0 Å². The van der Waals surface area contributed by atoms with Gasteiger partial charge in [-0.15, -0.1) is 0 Å². The summed E-state index contributed by atoms with van der Waals surface area (Å²) in [7, 11) is 0. The van der Waals surface area contributed by atoms with Crippen molar-refractivity contribution < 1.29 is 19.5 Å². The highest BCUT2D eigenvalue weighted by Crippen LogP contribution is 2.16. The molecule has 0 saturated carbocycles. The van der Waals surface area contributed by atoms with E-state index in [9.17, 15) is 14.4 Å². The summed E-state index contributed by atoms with van der Waals surface area (Å²) >= 11 is 3.17. The van der Waals surface area contributed by atoms with E-state index < -0.39 is 5.97 Å². The monoisotopic (exact) mass is 342 g/mol. The van der Waals surface area contributed by atoms with Gasteiger partial charge in [0.1, 0.15) is 0 Å². The van der Waals surface area contributed by atoms with E-state index >= 15 is 0 Å². The molecule has 3 N–H and O–H groups in total. The Hall–Kier alpha value is -1.89. The largest absolute Gasteiger partial charge is 0.478 e. The summed E-state index contributed by atoms with van der Waals surface area (Å²) in [6.45, 7) is 2.30. The molecule has 2 amide bonds. The number of amides is 2. The van der Waals surface area contributed by atoms with E-state index in [1.807, 2.05) is 0 Å². The fourth-order valence-corrected chi connectivity index (χ4v) is 1.99. The van der Waals surface area contributed by atoms with Crippen molar-refractivity contribution in [3.8, 4) is 0 Å². The molecule has 0 bridgehead atoms. The maximum atomic E-state index is 11.9. The van der Waals surface area contributed by atoms with Crippen LogP contribution in [0.4, 0.5) is 0 Å². The first-order valence-electron chi connectivity index (χ1n) is 5.96. The minimum Gasteiger partial charge on any atom is -0.478 e. The second kappa shape index (κ2) is 7.64. The molecule has 20 heavy (non-hydrogen) atoms. The van der Waals surface area contributed by atoms with E-state index in [0.29, 0.717) is 24.0 Å². The maximum absolute atomic E-state index is 11.9. The lowest BCUT2D eigenvalue weighted by Gasteiger charge is -2.07. The van der Waals surface area contributed by atoms with Crippen LogP contribution in [-0.4, -0.2) is 36.0 Å². The summed E-state index contributed by atoms with van der Waals surface area (Å²) in [6.07, 6.45) is 0.602. The van der Waals surface area contributed by atoms with Gasteiger partial charge in [-0.25, -0.2) is 4.79 Å². The number of aromatic carboxylic acids is 1. The molecule has 7 heteroatoms. The summed E-state index contributed by atoms with van der Waals surface area (Å²) in [5.41, 5.74) is 0.319. The zero-order valence-electron chi connectivity index (χ0n) is 10.9. The lowest BCUT2D eigenvalue weighted by molar-refractivity contribution is -0.118. The van der Waals surface area contributed by atoms with Crippen LogP contribution in [0.1, 0.15) is 34.1 Å². The predicted octanol–water partition coefficient (Wildman–Crippen LogP) is 1.40. The van der Waals surface area contributed by atoms with Crippen LogP contribution < -0.4 is 10.6 Å². The molecule has 0 fully saturated rings. The maximum Gasteiger partial charge on any atom is 0.335 e. The van der Waals surface area contributed by atoms with Gasteiger partial charge in [0.2, 0.25) is 5.91 Å². The second-order valence-electron chi connectivity index (χ2n) is 4.13. The predicted molar refractivity (Wildman–Crippen MR) is 76.7 cm³/mol. The van der Waals surface area contributed by atoms with Crippen LogP contribution in [0.15, 0.2) is 22.7 Å². The smallest absolute Gasteiger partial charge is 0.335 e. The Morgan fingerprint density at radius 3 is 2.30 bits per heavy atom. The minimum atomic E-state index is -1.09. The Labute approximate surface area is 124 Å². The molecule has 0 aliphatic rings. The van der Waals surface area contributed by atoms with Crippen LogP contribution in [0, 0.1) is 0 Å².